The Bertz CT molecular complexity index is 488. The topological polar surface area (TPSA) is 34.1 Å². The minimum Gasteiger partial charge on any atom is -0.495 e. The van der Waals surface area contributed by atoms with Gasteiger partial charge in [0.2, 0.25) is 0 Å². The van der Waals surface area contributed by atoms with Gasteiger partial charge in [0.15, 0.2) is 0 Å². The van der Waals surface area contributed by atoms with Gasteiger partial charge in [0, 0.05) is 11.9 Å². The highest BCUT2D eigenvalue weighted by Crippen LogP contribution is 2.27. The van der Waals surface area contributed by atoms with E-state index in [0.29, 0.717) is 17.3 Å². The van der Waals surface area contributed by atoms with Crippen molar-refractivity contribution >= 4 is 17.3 Å². The van der Waals surface area contributed by atoms with E-state index in [1.54, 1.807) is 13.3 Å². The van der Waals surface area contributed by atoms with Crippen molar-refractivity contribution in [3.8, 4) is 5.75 Å². The fourth-order valence-electron chi connectivity index (χ4n) is 1.47. The Hall–Kier alpha value is -1.74. The first-order chi connectivity index (χ1) is 8.29. The zero-order chi connectivity index (χ0) is 12.1. The summed E-state index contributed by atoms with van der Waals surface area (Å²) in [6, 6.07) is 11.4. The Balaban J connectivity index is 2.02. The number of ether oxygens (including phenoxy) is 1. The smallest absolute Gasteiger partial charge is 0.137 e. The first-order valence-corrected chi connectivity index (χ1v) is 5.64. The van der Waals surface area contributed by atoms with Crippen LogP contribution in [0.15, 0.2) is 42.6 Å². The fraction of sp³-hybridized carbons (Fsp3) is 0.154. The Morgan fingerprint density at radius 1 is 1.29 bits per heavy atom. The zero-order valence-electron chi connectivity index (χ0n) is 9.48. The quantitative estimate of drug-likeness (QED) is 0.901. The highest BCUT2D eigenvalue weighted by atomic mass is 35.5. The van der Waals surface area contributed by atoms with Crippen LogP contribution in [0.1, 0.15) is 5.69 Å². The highest BCUT2D eigenvalue weighted by Gasteiger charge is 2.01. The van der Waals surface area contributed by atoms with Gasteiger partial charge in [-0.3, -0.25) is 4.98 Å². The lowest BCUT2D eigenvalue weighted by Gasteiger charge is -2.08. The molecule has 2 aromatic rings. The van der Waals surface area contributed by atoms with Gasteiger partial charge in [-0.2, -0.15) is 0 Å². The summed E-state index contributed by atoms with van der Waals surface area (Å²) in [7, 11) is 1.60. The number of anilines is 1. The van der Waals surface area contributed by atoms with E-state index in [1.807, 2.05) is 36.4 Å². The molecular formula is C13H13ClN2O. The number of aromatic nitrogens is 1. The average Bonchev–Trinajstić information content (AvgIpc) is 2.38. The zero-order valence-corrected chi connectivity index (χ0v) is 10.2. The van der Waals surface area contributed by atoms with Crippen molar-refractivity contribution in [2.75, 3.05) is 12.4 Å². The minimum atomic E-state index is 0.596. The lowest BCUT2D eigenvalue weighted by molar-refractivity contribution is 0.415. The molecule has 1 aromatic heterocycles. The first kappa shape index (κ1) is 11.7. The second kappa shape index (κ2) is 5.55. The van der Waals surface area contributed by atoms with E-state index in [9.17, 15) is 0 Å². The monoisotopic (exact) mass is 248 g/mol. The maximum absolute atomic E-state index is 6.03. The maximum Gasteiger partial charge on any atom is 0.137 e. The molecule has 1 N–H and O–H groups in total. The van der Waals surface area contributed by atoms with Gasteiger partial charge >= 0.3 is 0 Å². The largest absolute Gasteiger partial charge is 0.495 e. The van der Waals surface area contributed by atoms with Gasteiger partial charge in [-0.05, 0) is 30.3 Å². The van der Waals surface area contributed by atoms with Crippen LogP contribution in [0.2, 0.25) is 5.02 Å². The van der Waals surface area contributed by atoms with E-state index in [2.05, 4.69) is 10.3 Å². The molecule has 1 heterocycles. The summed E-state index contributed by atoms with van der Waals surface area (Å²) >= 11 is 6.03. The normalized spacial score (nSPS) is 10.0. The molecule has 0 bridgehead atoms. The van der Waals surface area contributed by atoms with E-state index >= 15 is 0 Å². The average molecular weight is 249 g/mol. The Labute approximate surface area is 105 Å². The Morgan fingerprint density at radius 3 is 2.82 bits per heavy atom. The number of halogens is 1. The first-order valence-electron chi connectivity index (χ1n) is 5.27. The molecule has 4 heteroatoms. The lowest BCUT2D eigenvalue weighted by Crippen LogP contribution is -2.01. The number of rotatable bonds is 4. The molecule has 0 aliphatic heterocycles. The van der Waals surface area contributed by atoms with E-state index in [-0.39, 0.29) is 0 Å². The second-order valence-electron chi connectivity index (χ2n) is 3.52. The van der Waals surface area contributed by atoms with Crippen LogP contribution in [0.3, 0.4) is 0 Å². The summed E-state index contributed by atoms with van der Waals surface area (Å²) in [6.07, 6.45) is 1.78. The van der Waals surface area contributed by atoms with Crippen molar-refractivity contribution in [3.05, 3.63) is 53.3 Å². The molecule has 0 unspecified atom stereocenters. The molecule has 2 rings (SSSR count). The maximum atomic E-state index is 6.03. The van der Waals surface area contributed by atoms with Crippen molar-refractivity contribution < 1.29 is 4.74 Å². The van der Waals surface area contributed by atoms with Crippen molar-refractivity contribution in [1.29, 1.82) is 0 Å². The molecule has 0 saturated heterocycles. The van der Waals surface area contributed by atoms with Gasteiger partial charge in [0.25, 0.3) is 0 Å². The van der Waals surface area contributed by atoms with Crippen molar-refractivity contribution in [1.82, 2.24) is 4.98 Å². The summed E-state index contributed by atoms with van der Waals surface area (Å²) in [4.78, 5) is 4.23. The fourth-order valence-corrected chi connectivity index (χ4v) is 1.73. The van der Waals surface area contributed by atoms with E-state index in [4.69, 9.17) is 16.3 Å². The molecule has 0 saturated carbocycles. The van der Waals surface area contributed by atoms with Gasteiger partial charge in [0.05, 0.1) is 24.4 Å². The van der Waals surface area contributed by atoms with E-state index in [0.717, 1.165) is 11.4 Å². The van der Waals surface area contributed by atoms with Crippen LogP contribution in [0.25, 0.3) is 0 Å². The predicted octanol–water partition coefficient (Wildman–Crippen LogP) is 3.36. The standard InChI is InChI=1S/C13H13ClN2O/c1-17-13-6-5-10(8-12(13)14)16-9-11-4-2-3-7-15-11/h2-8,16H,9H2,1H3. The molecule has 17 heavy (non-hydrogen) atoms. The van der Waals surface area contributed by atoms with E-state index in [1.165, 1.54) is 0 Å². The highest BCUT2D eigenvalue weighted by molar-refractivity contribution is 6.32. The molecule has 0 radical (unpaired) electrons. The van der Waals surface area contributed by atoms with Gasteiger partial charge in [-0.15, -0.1) is 0 Å². The van der Waals surface area contributed by atoms with Crippen LogP contribution >= 0.6 is 11.6 Å². The summed E-state index contributed by atoms with van der Waals surface area (Å²) < 4.78 is 5.09. The predicted molar refractivity (Wildman–Crippen MR) is 69.6 cm³/mol. The Morgan fingerprint density at radius 2 is 2.18 bits per heavy atom. The van der Waals surface area contributed by atoms with Crippen LogP contribution in [0.4, 0.5) is 5.69 Å². The molecule has 3 nitrogen and oxygen atoms in total. The molecule has 0 amide bonds. The molecule has 0 fully saturated rings. The summed E-state index contributed by atoms with van der Waals surface area (Å²) in [6.45, 7) is 0.670. The van der Waals surface area contributed by atoms with Crippen molar-refractivity contribution in [2.24, 2.45) is 0 Å². The van der Waals surface area contributed by atoms with Crippen LogP contribution in [-0.4, -0.2) is 12.1 Å². The van der Waals surface area contributed by atoms with Crippen molar-refractivity contribution in [3.63, 3.8) is 0 Å². The molecule has 0 aliphatic rings. The lowest BCUT2D eigenvalue weighted by atomic mass is 10.3. The molecule has 0 atom stereocenters. The van der Waals surface area contributed by atoms with Gasteiger partial charge in [-0.25, -0.2) is 0 Å². The molecule has 0 aliphatic carbocycles. The Kier molecular flexibility index (Phi) is 3.83. The number of pyridine rings is 1. The SMILES string of the molecule is COc1ccc(NCc2ccccn2)cc1Cl. The summed E-state index contributed by atoms with van der Waals surface area (Å²) in [5, 5.41) is 3.85. The van der Waals surface area contributed by atoms with Gasteiger partial charge in [-0.1, -0.05) is 17.7 Å². The number of nitrogens with one attached hydrogen (secondary N) is 1. The third-order valence-electron chi connectivity index (χ3n) is 2.35. The van der Waals surface area contributed by atoms with Crippen LogP contribution in [0, 0.1) is 0 Å². The van der Waals surface area contributed by atoms with Crippen LogP contribution < -0.4 is 10.1 Å². The number of hydrogen-bond acceptors (Lipinski definition) is 3. The van der Waals surface area contributed by atoms with Gasteiger partial charge < -0.3 is 10.1 Å². The van der Waals surface area contributed by atoms with Crippen LogP contribution in [0.5, 0.6) is 5.75 Å². The number of benzene rings is 1. The molecule has 0 spiro atoms. The third kappa shape index (κ3) is 3.11. The van der Waals surface area contributed by atoms with Gasteiger partial charge in [0.1, 0.15) is 5.75 Å². The minimum absolute atomic E-state index is 0.596. The summed E-state index contributed by atoms with van der Waals surface area (Å²) in [5.41, 5.74) is 1.93. The number of hydrogen-bond donors (Lipinski definition) is 1. The van der Waals surface area contributed by atoms with Crippen LogP contribution in [-0.2, 0) is 6.54 Å². The molecule has 1 aromatic carbocycles. The molecular weight excluding hydrogens is 236 g/mol. The number of methoxy groups -OCH3 is 1. The third-order valence-corrected chi connectivity index (χ3v) is 2.65. The number of nitrogens with zero attached hydrogens (tertiary/aromatic N) is 1. The summed E-state index contributed by atoms with van der Waals surface area (Å²) in [5.74, 6) is 0.676. The second-order valence-corrected chi connectivity index (χ2v) is 3.93. The molecule has 88 valence electrons. The van der Waals surface area contributed by atoms with E-state index < -0.39 is 0 Å². The van der Waals surface area contributed by atoms with Crippen molar-refractivity contribution in [2.45, 2.75) is 6.54 Å².